The highest BCUT2D eigenvalue weighted by atomic mass is 16.2. The van der Waals surface area contributed by atoms with E-state index in [1.165, 1.54) is 0 Å². The third-order valence-electron chi connectivity index (χ3n) is 5.60. The van der Waals surface area contributed by atoms with Gasteiger partial charge in [-0.25, -0.2) is 9.59 Å². The van der Waals surface area contributed by atoms with Gasteiger partial charge in [0, 0.05) is 5.69 Å². The summed E-state index contributed by atoms with van der Waals surface area (Å²) >= 11 is 0. The van der Waals surface area contributed by atoms with Gasteiger partial charge in [-0.2, -0.15) is 0 Å². The summed E-state index contributed by atoms with van der Waals surface area (Å²) < 4.78 is 0. The third-order valence-corrected chi connectivity index (χ3v) is 5.60. The van der Waals surface area contributed by atoms with Crippen LogP contribution in [0.4, 0.5) is 10.5 Å². The molecule has 2 heterocycles. The van der Waals surface area contributed by atoms with Crippen LogP contribution in [0.25, 0.3) is 11.0 Å². The Kier molecular flexibility index (Phi) is 4.01. The number of hydrogen-bond donors (Lipinski definition) is 4. The lowest BCUT2D eigenvalue weighted by molar-refractivity contribution is -0.136. The van der Waals surface area contributed by atoms with Crippen LogP contribution in [0, 0.1) is 5.92 Å². The van der Waals surface area contributed by atoms with Gasteiger partial charge in [-0.1, -0.05) is 19.8 Å². The molecule has 2 aromatic rings. The second-order valence-corrected chi connectivity index (χ2v) is 7.33. The lowest BCUT2D eigenvalue weighted by Crippen LogP contribution is -2.54. The zero-order chi connectivity index (χ0) is 19.2. The molecule has 2 aliphatic rings. The zero-order valence-electron chi connectivity index (χ0n) is 14.9. The minimum absolute atomic E-state index is 0.0450. The van der Waals surface area contributed by atoms with Gasteiger partial charge >= 0.3 is 11.7 Å². The van der Waals surface area contributed by atoms with Crippen molar-refractivity contribution < 1.29 is 14.4 Å². The van der Waals surface area contributed by atoms with E-state index in [2.05, 4.69) is 20.6 Å². The molecule has 1 aromatic carbocycles. The molecule has 142 valence electrons. The lowest BCUT2D eigenvalue weighted by Gasteiger charge is -2.36. The van der Waals surface area contributed by atoms with E-state index in [-0.39, 0.29) is 24.1 Å². The van der Waals surface area contributed by atoms with Gasteiger partial charge in [0.2, 0.25) is 5.91 Å². The number of aromatic nitrogens is 2. The average molecular weight is 371 g/mol. The summed E-state index contributed by atoms with van der Waals surface area (Å²) in [7, 11) is 0. The standard InChI is InChI=1S/C18H21N5O4/c1-10-4-2-3-7-18(10)15(25)23(17(27)22-18)9-14(24)19-11-5-6-12-13(8-11)21-16(26)20-12/h5-6,8,10H,2-4,7,9H2,1H3,(H,19,24)(H,22,27)(H2,20,21,26)/t10-,18-/m0/s1. The molecular weight excluding hydrogens is 350 g/mol. The number of amides is 4. The molecule has 4 N–H and O–H groups in total. The number of benzene rings is 1. The van der Waals surface area contributed by atoms with Crippen LogP contribution in [-0.2, 0) is 9.59 Å². The van der Waals surface area contributed by atoms with Gasteiger partial charge in [-0.3, -0.25) is 14.5 Å². The molecule has 0 radical (unpaired) electrons. The number of fused-ring (bicyclic) bond motifs is 1. The summed E-state index contributed by atoms with van der Waals surface area (Å²) in [6.07, 6.45) is 3.40. The zero-order valence-corrected chi connectivity index (χ0v) is 14.9. The Bertz CT molecular complexity index is 993. The number of nitrogens with zero attached hydrogens (tertiary/aromatic N) is 1. The van der Waals surface area contributed by atoms with Crippen molar-refractivity contribution in [3.8, 4) is 0 Å². The number of imidazole rings is 1. The summed E-state index contributed by atoms with van der Waals surface area (Å²) in [4.78, 5) is 55.1. The van der Waals surface area contributed by atoms with Crippen LogP contribution < -0.4 is 16.3 Å². The number of anilines is 1. The quantitative estimate of drug-likeness (QED) is 0.606. The molecule has 9 nitrogen and oxygen atoms in total. The molecular formula is C18H21N5O4. The van der Waals surface area contributed by atoms with E-state index in [1.54, 1.807) is 18.2 Å². The summed E-state index contributed by atoms with van der Waals surface area (Å²) in [5.74, 6) is -0.750. The van der Waals surface area contributed by atoms with E-state index in [0.717, 1.165) is 24.2 Å². The Labute approximate surface area is 154 Å². The molecule has 9 heteroatoms. The summed E-state index contributed by atoms with van der Waals surface area (Å²) in [6, 6.07) is 4.40. The lowest BCUT2D eigenvalue weighted by atomic mass is 9.73. The second kappa shape index (κ2) is 6.26. The van der Waals surface area contributed by atoms with E-state index in [0.29, 0.717) is 23.1 Å². The van der Waals surface area contributed by atoms with Crippen LogP contribution in [0.2, 0.25) is 0 Å². The molecule has 1 aliphatic carbocycles. The van der Waals surface area contributed by atoms with Crippen LogP contribution in [0.5, 0.6) is 0 Å². The fraction of sp³-hybridized carbons (Fsp3) is 0.444. The minimum atomic E-state index is -0.876. The summed E-state index contributed by atoms with van der Waals surface area (Å²) in [6.45, 7) is 1.62. The number of aromatic amines is 2. The Morgan fingerprint density at radius 2 is 2.00 bits per heavy atom. The predicted octanol–water partition coefficient (Wildman–Crippen LogP) is 1.30. The molecule has 2 atom stereocenters. The maximum Gasteiger partial charge on any atom is 0.325 e. The number of nitrogens with one attached hydrogen (secondary N) is 4. The van der Waals surface area contributed by atoms with Crippen molar-refractivity contribution in [1.82, 2.24) is 20.2 Å². The molecule has 1 spiro atoms. The number of urea groups is 1. The Hall–Kier alpha value is -3.10. The molecule has 0 bridgehead atoms. The van der Waals surface area contributed by atoms with Crippen molar-refractivity contribution in [2.45, 2.75) is 38.1 Å². The summed E-state index contributed by atoms with van der Waals surface area (Å²) in [5, 5.41) is 5.49. The maximum atomic E-state index is 12.9. The molecule has 1 saturated carbocycles. The first-order chi connectivity index (χ1) is 12.9. The number of rotatable bonds is 3. The fourth-order valence-corrected chi connectivity index (χ4v) is 4.09. The van der Waals surface area contributed by atoms with Gasteiger partial charge in [-0.15, -0.1) is 0 Å². The topological polar surface area (TPSA) is 127 Å². The van der Waals surface area contributed by atoms with E-state index in [1.807, 2.05) is 6.92 Å². The van der Waals surface area contributed by atoms with E-state index in [4.69, 9.17) is 0 Å². The first kappa shape index (κ1) is 17.3. The Balaban J connectivity index is 1.47. The predicted molar refractivity (Wildman–Crippen MR) is 98.2 cm³/mol. The maximum absolute atomic E-state index is 12.9. The number of hydrogen-bond acceptors (Lipinski definition) is 4. The fourth-order valence-electron chi connectivity index (χ4n) is 4.09. The van der Waals surface area contributed by atoms with Crippen LogP contribution in [0.3, 0.4) is 0 Å². The molecule has 4 rings (SSSR count). The highest BCUT2D eigenvalue weighted by Gasteiger charge is 2.55. The van der Waals surface area contributed by atoms with Crippen LogP contribution in [0.1, 0.15) is 32.6 Å². The van der Waals surface area contributed by atoms with Crippen LogP contribution >= 0.6 is 0 Å². The number of H-pyrrole nitrogens is 2. The van der Waals surface area contributed by atoms with Crippen molar-refractivity contribution in [2.24, 2.45) is 5.92 Å². The normalized spacial score (nSPS) is 25.2. The van der Waals surface area contributed by atoms with Gasteiger partial charge in [0.1, 0.15) is 12.1 Å². The average Bonchev–Trinajstić information content (AvgIpc) is 3.10. The van der Waals surface area contributed by atoms with Crippen molar-refractivity contribution >= 4 is 34.6 Å². The van der Waals surface area contributed by atoms with E-state index in [9.17, 15) is 19.2 Å². The molecule has 27 heavy (non-hydrogen) atoms. The number of imide groups is 1. The van der Waals surface area contributed by atoms with E-state index < -0.39 is 17.5 Å². The SMILES string of the molecule is C[C@H]1CCCC[C@]12NC(=O)N(CC(=O)Nc1ccc3[nH]c(=O)[nH]c3c1)C2=O. The highest BCUT2D eigenvalue weighted by molar-refractivity contribution is 6.10. The second-order valence-electron chi connectivity index (χ2n) is 7.33. The molecule has 1 aromatic heterocycles. The van der Waals surface area contributed by atoms with Crippen LogP contribution in [-0.4, -0.2) is 44.8 Å². The van der Waals surface area contributed by atoms with Gasteiger partial charge in [0.25, 0.3) is 5.91 Å². The third kappa shape index (κ3) is 2.88. The highest BCUT2D eigenvalue weighted by Crippen LogP contribution is 2.38. The first-order valence-corrected chi connectivity index (χ1v) is 9.05. The smallest absolute Gasteiger partial charge is 0.324 e. The van der Waals surface area contributed by atoms with Crippen molar-refractivity contribution in [2.75, 3.05) is 11.9 Å². The minimum Gasteiger partial charge on any atom is -0.324 e. The number of carbonyl (C=O) groups excluding carboxylic acids is 3. The Morgan fingerprint density at radius 1 is 1.22 bits per heavy atom. The van der Waals surface area contributed by atoms with E-state index >= 15 is 0 Å². The largest absolute Gasteiger partial charge is 0.325 e. The van der Waals surface area contributed by atoms with Gasteiger partial charge in [0.05, 0.1) is 11.0 Å². The van der Waals surface area contributed by atoms with Crippen molar-refractivity contribution in [3.63, 3.8) is 0 Å². The first-order valence-electron chi connectivity index (χ1n) is 9.05. The van der Waals surface area contributed by atoms with Crippen molar-refractivity contribution in [1.29, 1.82) is 0 Å². The monoisotopic (exact) mass is 371 g/mol. The van der Waals surface area contributed by atoms with Crippen molar-refractivity contribution in [3.05, 3.63) is 28.7 Å². The van der Waals surface area contributed by atoms with Gasteiger partial charge < -0.3 is 20.6 Å². The molecule has 0 unspecified atom stereocenters. The number of carbonyl (C=O) groups is 3. The molecule has 2 fully saturated rings. The van der Waals surface area contributed by atoms with Gasteiger partial charge in [0.15, 0.2) is 0 Å². The Morgan fingerprint density at radius 3 is 2.78 bits per heavy atom. The molecule has 4 amide bonds. The molecule has 1 saturated heterocycles. The molecule has 1 aliphatic heterocycles. The van der Waals surface area contributed by atoms with Crippen LogP contribution in [0.15, 0.2) is 23.0 Å². The van der Waals surface area contributed by atoms with Gasteiger partial charge in [-0.05, 0) is 37.0 Å². The summed E-state index contributed by atoms with van der Waals surface area (Å²) in [5.41, 5.74) is 0.442.